The van der Waals surface area contributed by atoms with Gasteiger partial charge in [0, 0.05) is 11.9 Å². The summed E-state index contributed by atoms with van der Waals surface area (Å²) in [5, 5.41) is 31.0. The van der Waals surface area contributed by atoms with E-state index in [0.29, 0.717) is 18.3 Å². The first-order valence-electron chi connectivity index (χ1n) is 13.2. The lowest BCUT2D eigenvalue weighted by atomic mass is 9.43. The molecule has 4 aliphatic rings. The van der Waals surface area contributed by atoms with Gasteiger partial charge in [-0.3, -0.25) is 4.79 Å². The zero-order valence-electron chi connectivity index (χ0n) is 21.5. The maximum Gasteiger partial charge on any atom is 0.303 e. The van der Waals surface area contributed by atoms with Crippen molar-refractivity contribution in [3.05, 3.63) is 0 Å². The fourth-order valence-electron chi connectivity index (χ4n) is 8.03. The summed E-state index contributed by atoms with van der Waals surface area (Å²) in [6, 6.07) is 0. The van der Waals surface area contributed by atoms with Crippen LogP contribution < -0.4 is 0 Å². The van der Waals surface area contributed by atoms with Crippen LogP contribution in [0.4, 0.5) is 0 Å². The Morgan fingerprint density at radius 1 is 1.14 bits per heavy atom. The van der Waals surface area contributed by atoms with Crippen LogP contribution in [0, 0.1) is 46.3 Å². The molecule has 4 aliphatic carbocycles. The molecule has 4 heteroatoms. The lowest BCUT2D eigenvalue weighted by Crippen LogP contribution is -2.58. The monoisotopic (exact) mass is 396 g/mol. The molecule has 4 saturated carbocycles. The Morgan fingerprint density at radius 3 is 2.57 bits per heavy atom. The van der Waals surface area contributed by atoms with Crippen molar-refractivity contribution in [2.24, 2.45) is 46.3 Å². The summed E-state index contributed by atoms with van der Waals surface area (Å²) < 4.78 is 34.0. The topological polar surface area (TPSA) is 77.8 Å². The first-order chi connectivity index (χ1) is 14.7. The van der Waals surface area contributed by atoms with Crippen molar-refractivity contribution < 1.29 is 25.6 Å². The van der Waals surface area contributed by atoms with Crippen LogP contribution in [0.3, 0.4) is 0 Å². The Balaban J connectivity index is 1.64. The molecule has 0 radical (unpaired) electrons. The Bertz CT molecular complexity index is 760. The van der Waals surface area contributed by atoms with Crippen molar-refractivity contribution in [1.82, 2.24) is 0 Å². The van der Waals surface area contributed by atoms with Gasteiger partial charge >= 0.3 is 5.97 Å². The van der Waals surface area contributed by atoms with Gasteiger partial charge < -0.3 is 15.3 Å². The van der Waals surface area contributed by atoms with Crippen molar-refractivity contribution in [2.75, 3.05) is 0 Å². The van der Waals surface area contributed by atoms with Gasteiger partial charge in [0.25, 0.3) is 0 Å². The molecule has 160 valence electrons. The summed E-state index contributed by atoms with van der Waals surface area (Å²) in [6.45, 7) is 6.48. The van der Waals surface area contributed by atoms with Crippen LogP contribution in [0.15, 0.2) is 0 Å². The lowest BCUT2D eigenvalue weighted by molar-refractivity contribution is -0.174. The van der Waals surface area contributed by atoms with Crippen LogP contribution in [0.2, 0.25) is 0 Å². The maximum absolute atomic E-state index is 11.3. The smallest absolute Gasteiger partial charge is 0.303 e. The molecule has 0 amide bonds. The largest absolute Gasteiger partial charge is 0.481 e. The van der Waals surface area contributed by atoms with Gasteiger partial charge in [0.15, 0.2) is 0 Å². The fraction of sp³-hybridized carbons (Fsp3) is 0.958. The van der Waals surface area contributed by atoms with Crippen LogP contribution >= 0.6 is 0 Å². The van der Waals surface area contributed by atoms with E-state index in [1.807, 2.05) is 6.92 Å². The number of hydrogen-bond acceptors (Lipinski definition) is 3. The number of carboxylic acid groups (broad SMARTS) is 1. The normalized spacial score (nSPS) is 57.4. The number of aliphatic carboxylic acids is 1. The summed E-state index contributed by atoms with van der Waals surface area (Å²) in [5.74, 6) is -0.291. The van der Waals surface area contributed by atoms with Crippen molar-refractivity contribution in [3.63, 3.8) is 0 Å². The van der Waals surface area contributed by atoms with E-state index in [9.17, 15) is 15.0 Å². The second kappa shape index (κ2) is 7.27. The zero-order chi connectivity index (χ0) is 23.9. The molecule has 3 N–H and O–H groups in total. The maximum atomic E-state index is 11.3. The van der Waals surface area contributed by atoms with E-state index < -0.39 is 42.3 Å². The van der Waals surface area contributed by atoms with Gasteiger partial charge in [-0.25, -0.2) is 0 Å². The van der Waals surface area contributed by atoms with E-state index in [2.05, 4.69) is 13.8 Å². The van der Waals surface area contributed by atoms with Crippen LogP contribution in [0.1, 0.15) is 90.4 Å². The second-order valence-corrected chi connectivity index (χ2v) is 10.7. The molecule has 4 rings (SSSR count). The average Bonchev–Trinajstić information content (AvgIpc) is 3.03. The first-order valence-corrected chi connectivity index (χ1v) is 11.2. The highest BCUT2D eigenvalue weighted by atomic mass is 16.4. The summed E-state index contributed by atoms with van der Waals surface area (Å²) in [7, 11) is 0. The molecule has 10 atom stereocenters. The molecule has 4 nitrogen and oxygen atoms in total. The molecule has 0 saturated heterocycles. The molecule has 0 aliphatic heterocycles. The minimum Gasteiger partial charge on any atom is -0.481 e. The summed E-state index contributed by atoms with van der Waals surface area (Å²) in [4.78, 5) is 11.1. The van der Waals surface area contributed by atoms with Crippen LogP contribution in [-0.2, 0) is 4.79 Å². The van der Waals surface area contributed by atoms with Gasteiger partial charge in [0.2, 0.25) is 0 Å². The molecular formula is C24H40O4. The molecule has 0 aromatic heterocycles. The molecule has 0 aromatic rings. The average molecular weight is 397 g/mol. The number of carboxylic acids is 1. The molecule has 4 fully saturated rings. The molecule has 0 spiro atoms. The third kappa shape index (κ3) is 3.14. The molecule has 0 heterocycles. The van der Waals surface area contributed by atoms with Gasteiger partial charge in [-0.2, -0.15) is 0 Å². The van der Waals surface area contributed by atoms with Gasteiger partial charge in [0.05, 0.1) is 12.2 Å². The first kappa shape index (κ1) is 16.1. The minimum absolute atomic E-state index is 0.00789. The molecule has 0 bridgehead atoms. The summed E-state index contributed by atoms with van der Waals surface area (Å²) in [5.41, 5.74) is -0.583. The Morgan fingerprint density at radius 2 is 1.86 bits per heavy atom. The molecule has 28 heavy (non-hydrogen) atoms. The summed E-state index contributed by atoms with van der Waals surface area (Å²) >= 11 is 0. The van der Waals surface area contributed by atoms with E-state index in [1.54, 1.807) is 0 Å². The predicted molar refractivity (Wildman–Crippen MR) is 109 cm³/mol. The number of aliphatic hydroxyl groups is 2. The predicted octanol–water partition coefficient (Wildman–Crippen LogP) is 4.48. The molecular weight excluding hydrogens is 352 g/mol. The second-order valence-electron chi connectivity index (χ2n) is 10.7. The third-order valence-electron chi connectivity index (χ3n) is 9.51. The SMILES string of the molecule is [2H]C1([2H])C[C@]2(C)C3CC[C@@]4(C)C(CC[C@@H]4[C@H](C)CCC(=O)O)[C@@H]3[C@@H](O)C[C@@H]2C([2H])([2H])[C@@H]1O. The van der Waals surface area contributed by atoms with E-state index in [4.69, 9.17) is 10.6 Å². The quantitative estimate of drug-likeness (QED) is 0.655. The highest BCUT2D eigenvalue weighted by Gasteiger charge is 2.62. The highest BCUT2D eigenvalue weighted by molar-refractivity contribution is 5.66. The van der Waals surface area contributed by atoms with E-state index in [1.165, 1.54) is 0 Å². The van der Waals surface area contributed by atoms with E-state index in [0.717, 1.165) is 25.7 Å². The standard InChI is InChI=1S/C24H40O4/c1-14(4-7-21(27)28)17-5-6-18-22-19(9-11-24(17,18)3)23(2)10-8-16(25)12-15(23)13-20(22)26/h14-20,22,25-26H,4-13H2,1-3H3,(H,27,28)/t14-,15+,16-,17-,18?,19?,20+,22+,23+,24-/m1/s1/i8D2,12D2. The number of fused-ring (bicyclic) bond motifs is 5. The third-order valence-corrected chi connectivity index (χ3v) is 9.51. The van der Waals surface area contributed by atoms with Crippen LogP contribution in [0.5, 0.6) is 0 Å². The molecule has 0 aromatic carbocycles. The molecule has 2 unspecified atom stereocenters. The van der Waals surface area contributed by atoms with E-state index in [-0.39, 0.29) is 42.4 Å². The van der Waals surface area contributed by atoms with Gasteiger partial charge in [-0.1, -0.05) is 20.8 Å². The van der Waals surface area contributed by atoms with E-state index >= 15 is 0 Å². The zero-order valence-corrected chi connectivity index (χ0v) is 17.5. The summed E-state index contributed by atoms with van der Waals surface area (Å²) in [6.07, 6.45) is -1.38. The van der Waals surface area contributed by atoms with Crippen molar-refractivity contribution >= 4 is 5.97 Å². The number of hydrogen-bond donors (Lipinski definition) is 3. The van der Waals surface area contributed by atoms with Crippen molar-refractivity contribution in [1.29, 1.82) is 0 Å². The fourth-order valence-corrected chi connectivity index (χ4v) is 8.03. The van der Waals surface area contributed by atoms with Gasteiger partial charge in [0.1, 0.15) is 0 Å². The van der Waals surface area contributed by atoms with Crippen molar-refractivity contribution in [2.45, 2.75) is 97.1 Å². The Hall–Kier alpha value is -0.610. The van der Waals surface area contributed by atoms with Crippen molar-refractivity contribution in [3.8, 4) is 0 Å². The Kier molecular flexibility index (Phi) is 4.19. The van der Waals surface area contributed by atoms with Crippen LogP contribution in [-0.4, -0.2) is 33.5 Å². The number of rotatable bonds is 4. The highest BCUT2D eigenvalue weighted by Crippen LogP contribution is 2.68. The van der Waals surface area contributed by atoms with Gasteiger partial charge in [-0.15, -0.1) is 0 Å². The lowest BCUT2D eigenvalue weighted by Gasteiger charge is -2.62. The minimum atomic E-state index is -2.08. The van der Waals surface area contributed by atoms with Gasteiger partial charge in [-0.05, 0) is 104 Å². The number of carbonyl (C=O) groups is 1. The van der Waals surface area contributed by atoms with Crippen LogP contribution in [0.25, 0.3) is 0 Å². The number of aliphatic hydroxyl groups excluding tert-OH is 2. The Labute approximate surface area is 175 Å².